The predicted molar refractivity (Wildman–Crippen MR) is 57.1 cm³/mol. The molecule has 0 bridgehead atoms. The summed E-state index contributed by atoms with van der Waals surface area (Å²) in [7, 11) is 0. The maximum atomic E-state index is 4.39. The van der Waals surface area contributed by atoms with Crippen LogP contribution in [-0.2, 0) is 0 Å². The molecule has 3 heterocycles. The highest BCUT2D eigenvalue weighted by molar-refractivity contribution is 5.75. The van der Waals surface area contributed by atoms with Crippen LogP contribution >= 0.6 is 0 Å². The van der Waals surface area contributed by atoms with Crippen molar-refractivity contribution in [3.05, 3.63) is 42.9 Å². The number of nitrogens with zero attached hydrogens (tertiary/aromatic N) is 3. The van der Waals surface area contributed by atoms with Crippen molar-refractivity contribution in [3.63, 3.8) is 0 Å². The molecule has 0 atom stereocenters. The van der Waals surface area contributed by atoms with E-state index in [2.05, 4.69) is 19.9 Å². The third kappa shape index (κ3) is 1.36. The first-order valence-corrected chi connectivity index (χ1v) is 4.64. The number of H-pyrrole nitrogens is 1. The summed E-state index contributed by atoms with van der Waals surface area (Å²) in [5, 5.41) is 0. The predicted octanol–water partition coefficient (Wildman–Crippen LogP) is 2.02. The van der Waals surface area contributed by atoms with E-state index in [-0.39, 0.29) is 0 Å². The van der Waals surface area contributed by atoms with Gasteiger partial charge >= 0.3 is 0 Å². The zero-order valence-corrected chi connectivity index (χ0v) is 7.88. The Balaban J connectivity index is 2.21. The van der Waals surface area contributed by atoms with E-state index in [1.807, 2.05) is 24.3 Å². The molecule has 0 aliphatic rings. The van der Waals surface area contributed by atoms with E-state index < -0.39 is 0 Å². The van der Waals surface area contributed by atoms with Gasteiger partial charge in [-0.25, -0.2) is 9.97 Å². The Bertz CT molecular complexity index is 553. The molecule has 3 rings (SSSR count). The quantitative estimate of drug-likeness (QED) is 0.647. The number of aromatic amines is 1. The number of pyridine rings is 2. The average molecular weight is 196 g/mol. The molecule has 15 heavy (non-hydrogen) atoms. The third-order valence-corrected chi connectivity index (χ3v) is 2.21. The number of imidazole rings is 1. The fourth-order valence-corrected chi connectivity index (χ4v) is 1.49. The highest BCUT2D eigenvalue weighted by Gasteiger charge is 2.04. The molecule has 4 nitrogen and oxygen atoms in total. The van der Waals surface area contributed by atoms with Gasteiger partial charge in [0.25, 0.3) is 0 Å². The number of fused-ring (bicyclic) bond motifs is 1. The zero-order chi connectivity index (χ0) is 10.1. The van der Waals surface area contributed by atoms with Crippen LogP contribution in [0.15, 0.2) is 42.9 Å². The number of aromatic nitrogens is 4. The molecule has 0 aromatic carbocycles. The highest BCUT2D eigenvalue weighted by Crippen LogP contribution is 2.17. The molecule has 72 valence electrons. The number of nitrogens with one attached hydrogen (secondary N) is 1. The minimum Gasteiger partial charge on any atom is -0.337 e. The van der Waals surface area contributed by atoms with Crippen molar-refractivity contribution in [2.24, 2.45) is 0 Å². The molecule has 0 aliphatic carbocycles. The molecule has 0 radical (unpaired) electrons. The standard InChI is InChI=1S/C11H8N4/c1-2-9-11(13-5-1)15-10(14-9)8-3-6-12-7-4-8/h1-7H,(H,13,14,15). The van der Waals surface area contributed by atoms with Gasteiger partial charge in [0.1, 0.15) is 5.82 Å². The lowest BCUT2D eigenvalue weighted by molar-refractivity contribution is 1.27. The van der Waals surface area contributed by atoms with Crippen molar-refractivity contribution in [1.82, 2.24) is 19.9 Å². The molecule has 0 unspecified atom stereocenters. The molecule has 3 aromatic rings. The van der Waals surface area contributed by atoms with Gasteiger partial charge in [-0.2, -0.15) is 0 Å². The van der Waals surface area contributed by atoms with Crippen LogP contribution < -0.4 is 0 Å². The summed E-state index contributed by atoms with van der Waals surface area (Å²) in [6, 6.07) is 7.67. The molecule has 0 saturated carbocycles. The fraction of sp³-hybridized carbons (Fsp3) is 0. The minimum absolute atomic E-state index is 0.740. The topological polar surface area (TPSA) is 54.5 Å². The molecule has 0 spiro atoms. The Labute approximate surface area is 86.0 Å². The molecular weight excluding hydrogens is 188 g/mol. The molecule has 0 fully saturated rings. The Hall–Kier alpha value is -2.23. The van der Waals surface area contributed by atoms with Crippen LogP contribution in [0.25, 0.3) is 22.6 Å². The van der Waals surface area contributed by atoms with Crippen LogP contribution in [0.5, 0.6) is 0 Å². The SMILES string of the molecule is c1cnc2nc(-c3ccncc3)[nH]c2c1. The smallest absolute Gasteiger partial charge is 0.178 e. The summed E-state index contributed by atoms with van der Waals surface area (Å²) in [6.45, 7) is 0. The second-order valence-corrected chi connectivity index (χ2v) is 3.20. The molecule has 1 N–H and O–H groups in total. The Kier molecular flexibility index (Phi) is 1.71. The number of hydrogen-bond acceptors (Lipinski definition) is 3. The monoisotopic (exact) mass is 196 g/mol. The normalized spacial score (nSPS) is 10.7. The van der Waals surface area contributed by atoms with Crippen molar-refractivity contribution in [2.45, 2.75) is 0 Å². The zero-order valence-electron chi connectivity index (χ0n) is 7.88. The van der Waals surface area contributed by atoms with Crippen LogP contribution in [0.1, 0.15) is 0 Å². The molecule has 4 heteroatoms. The van der Waals surface area contributed by atoms with Crippen LogP contribution in [0, 0.1) is 0 Å². The summed E-state index contributed by atoms with van der Waals surface area (Å²) in [6.07, 6.45) is 5.23. The van der Waals surface area contributed by atoms with Crippen LogP contribution in [0.3, 0.4) is 0 Å². The first kappa shape index (κ1) is 8.11. The van der Waals surface area contributed by atoms with Crippen LogP contribution in [0.4, 0.5) is 0 Å². The van der Waals surface area contributed by atoms with Gasteiger partial charge in [0.2, 0.25) is 0 Å². The Morgan fingerprint density at radius 2 is 1.87 bits per heavy atom. The summed E-state index contributed by atoms with van der Waals surface area (Å²) in [5.41, 5.74) is 2.71. The van der Waals surface area contributed by atoms with Gasteiger partial charge in [0, 0.05) is 24.2 Å². The van der Waals surface area contributed by atoms with Crippen molar-refractivity contribution in [1.29, 1.82) is 0 Å². The van der Waals surface area contributed by atoms with Gasteiger partial charge in [-0.3, -0.25) is 4.98 Å². The molecule has 0 saturated heterocycles. The van der Waals surface area contributed by atoms with Crippen molar-refractivity contribution < 1.29 is 0 Å². The number of hydrogen-bond donors (Lipinski definition) is 1. The first-order valence-electron chi connectivity index (χ1n) is 4.64. The van der Waals surface area contributed by atoms with Crippen molar-refractivity contribution in [2.75, 3.05) is 0 Å². The molecule has 3 aromatic heterocycles. The van der Waals surface area contributed by atoms with E-state index in [4.69, 9.17) is 0 Å². The van der Waals surface area contributed by atoms with Crippen LogP contribution in [-0.4, -0.2) is 19.9 Å². The van der Waals surface area contributed by atoms with E-state index in [9.17, 15) is 0 Å². The Morgan fingerprint density at radius 1 is 1.00 bits per heavy atom. The van der Waals surface area contributed by atoms with E-state index in [0.717, 1.165) is 22.6 Å². The minimum atomic E-state index is 0.740. The average Bonchev–Trinajstić information content (AvgIpc) is 2.74. The largest absolute Gasteiger partial charge is 0.337 e. The third-order valence-electron chi connectivity index (χ3n) is 2.21. The lowest BCUT2D eigenvalue weighted by Crippen LogP contribution is -1.79. The number of rotatable bonds is 1. The second-order valence-electron chi connectivity index (χ2n) is 3.20. The summed E-state index contributed by atoms with van der Waals surface area (Å²) in [4.78, 5) is 15.7. The van der Waals surface area contributed by atoms with E-state index in [0.29, 0.717) is 0 Å². The molecular formula is C11H8N4. The maximum Gasteiger partial charge on any atom is 0.178 e. The van der Waals surface area contributed by atoms with E-state index in [1.165, 1.54) is 0 Å². The molecule has 0 amide bonds. The molecule has 0 aliphatic heterocycles. The summed E-state index contributed by atoms with van der Waals surface area (Å²) >= 11 is 0. The van der Waals surface area contributed by atoms with Gasteiger partial charge in [0.05, 0.1) is 5.52 Å². The van der Waals surface area contributed by atoms with Crippen molar-refractivity contribution in [3.8, 4) is 11.4 Å². The van der Waals surface area contributed by atoms with Gasteiger partial charge < -0.3 is 4.98 Å². The lowest BCUT2D eigenvalue weighted by Gasteiger charge is -1.92. The first-order chi connectivity index (χ1) is 7.43. The highest BCUT2D eigenvalue weighted by atomic mass is 15.0. The van der Waals surface area contributed by atoms with Gasteiger partial charge in [-0.15, -0.1) is 0 Å². The lowest BCUT2D eigenvalue weighted by atomic mass is 10.3. The van der Waals surface area contributed by atoms with E-state index >= 15 is 0 Å². The van der Waals surface area contributed by atoms with Gasteiger partial charge in [-0.05, 0) is 24.3 Å². The summed E-state index contributed by atoms with van der Waals surface area (Å²) < 4.78 is 0. The van der Waals surface area contributed by atoms with Crippen LogP contribution in [0.2, 0.25) is 0 Å². The van der Waals surface area contributed by atoms with Gasteiger partial charge in [0.15, 0.2) is 5.65 Å². The maximum absolute atomic E-state index is 4.39. The second kappa shape index (κ2) is 3.16. The summed E-state index contributed by atoms with van der Waals surface area (Å²) in [5.74, 6) is 0.825. The fourth-order valence-electron chi connectivity index (χ4n) is 1.49. The van der Waals surface area contributed by atoms with Gasteiger partial charge in [-0.1, -0.05) is 0 Å². The van der Waals surface area contributed by atoms with E-state index in [1.54, 1.807) is 18.6 Å². The Morgan fingerprint density at radius 3 is 2.67 bits per heavy atom. The van der Waals surface area contributed by atoms with Crippen molar-refractivity contribution >= 4 is 11.2 Å².